The van der Waals surface area contributed by atoms with Gasteiger partial charge in [0, 0.05) is 38.3 Å². The Morgan fingerprint density at radius 2 is 1.79 bits per heavy atom. The Kier molecular flexibility index (Phi) is 6.66. The maximum atomic E-state index is 13.7. The van der Waals surface area contributed by atoms with Crippen LogP contribution in [0, 0.1) is 12.7 Å². The molecule has 1 saturated heterocycles. The normalized spacial score (nSPS) is 16.0. The van der Waals surface area contributed by atoms with Crippen LogP contribution in [0.3, 0.4) is 0 Å². The first-order chi connectivity index (χ1) is 13.8. The topological polar surface area (TPSA) is 69.7 Å². The maximum absolute atomic E-state index is 13.7. The number of hydrogen-bond acceptors (Lipinski definition) is 4. The summed E-state index contributed by atoms with van der Waals surface area (Å²) >= 11 is 0. The second-order valence-electron chi connectivity index (χ2n) is 7.33. The summed E-state index contributed by atoms with van der Waals surface area (Å²) in [6, 6.07) is 11.2. The summed E-state index contributed by atoms with van der Waals surface area (Å²) in [7, 11) is -1.66. The lowest BCUT2D eigenvalue weighted by Gasteiger charge is -2.32. The SMILES string of the molecule is Cc1ccc(NC(=O)CCc2ccccc2F)cc1S(=O)(=O)N1CCN(C)CC1. The number of rotatable bonds is 6. The van der Waals surface area contributed by atoms with Gasteiger partial charge in [-0.3, -0.25) is 4.79 Å². The number of carbonyl (C=O) groups excluding carboxylic acids is 1. The molecule has 3 rings (SSSR count). The van der Waals surface area contributed by atoms with Crippen LogP contribution in [-0.4, -0.2) is 56.8 Å². The molecule has 0 aliphatic carbocycles. The Balaban J connectivity index is 1.70. The lowest BCUT2D eigenvalue weighted by Crippen LogP contribution is -2.47. The number of aryl methyl sites for hydroxylation is 2. The molecule has 0 radical (unpaired) electrons. The predicted molar refractivity (Wildman–Crippen MR) is 111 cm³/mol. The van der Waals surface area contributed by atoms with Gasteiger partial charge in [0.2, 0.25) is 15.9 Å². The first-order valence-electron chi connectivity index (χ1n) is 9.60. The Hall–Kier alpha value is -2.29. The van der Waals surface area contributed by atoms with Crippen molar-refractivity contribution in [2.45, 2.75) is 24.7 Å². The van der Waals surface area contributed by atoms with Crippen LogP contribution in [0.1, 0.15) is 17.5 Å². The summed E-state index contributed by atoms with van der Waals surface area (Å²) in [4.78, 5) is 14.6. The molecule has 1 heterocycles. The standard InChI is InChI=1S/C21H26FN3O3S/c1-16-7-9-18(23-21(26)10-8-17-5-3-4-6-19(17)22)15-20(16)29(27,28)25-13-11-24(2)12-14-25/h3-7,9,15H,8,10-14H2,1-2H3,(H,23,26). The zero-order valence-electron chi connectivity index (χ0n) is 16.7. The van der Waals surface area contributed by atoms with E-state index < -0.39 is 10.0 Å². The molecule has 6 nitrogen and oxygen atoms in total. The van der Waals surface area contributed by atoms with Crippen LogP contribution in [0.25, 0.3) is 0 Å². The molecular weight excluding hydrogens is 393 g/mol. The molecule has 2 aromatic carbocycles. The molecule has 2 aromatic rings. The van der Waals surface area contributed by atoms with E-state index in [-0.39, 0.29) is 29.5 Å². The van der Waals surface area contributed by atoms with Crippen molar-refractivity contribution < 1.29 is 17.6 Å². The molecule has 0 unspecified atom stereocenters. The minimum Gasteiger partial charge on any atom is -0.326 e. The van der Waals surface area contributed by atoms with Gasteiger partial charge in [-0.1, -0.05) is 24.3 Å². The first-order valence-corrected chi connectivity index (χ1v) is 11.0. The highest BCUT2D eigenvalue weighted by Crippen LogP contribution is 2.24. The second-order valence-corrected chi connectivity index (χ2v) is 9.23. The van der Waals surface area contributed by atoms with E-state index in [2.05, 4.69) is 10.2 Å². The van der Waals surface area contributed by atoms with Gasteiger partial charge in [-0.25, -0.2) is 12.8 Å². The maximum Gasteiger partial charge on any atom is 0.243 e. The smallest absolute Gasteiger partial charge is 0.243 e. The summed E-state index contributed by atoms with van der Waals surface area (Å²) < 4.78 is 41.3. The largest absolute Gasteiger partial charge is 0.326 e. The molecule has 0 saturated carbocycles. The van der Waals surface area contributed by atoms with E-state index in [1.165, 1.54) is 16.4 Å². The molecule has 0 bridgehead atoms. The fraction of sp³-hybridized carbons (Fsp3) is 0.381. The number of sulfonamides is 1. The van der Waals surface area contributed by atoms with Crippen LogP contribution in [0.5, 0.6) is 0 Å². The third-order valence-corrected chi connectivity index (χ3v) is 7.17. The number of piperazine rings is 1. The average Bonchev–Trinajstić information content (AvgIpc) is 2.69. The summed E-state index contributed by atoms with van der Waals surface area (Å²) in [5.41, 5.74) is 1.53. The number of benzene rings is 2. The molecule has 1 fully saturated rings. The highest BCUT2D eigenvalue weighted by Gasteiger charge is 2.29. The van der Waals surface area contributed by atoms with E-state index in [0.29, 0.717) is 43.0 Å². The fourth-order valence-electron chi connectivity index (χ4n) is 3.30. The minimum atomic E-state index is -3.63. The minimum absolute atomic E-state index is 0.107. The molecular formula is C21H26FN3O3S. The van der Waals surface area contributed by atoms with E-state index in [1.807, 2.05) is 7.05 Å². The lowest BCUT2D eigenvalue weighted by atomic mass is 10.1. The zero-order chi connectivity index (χ0) is 21.0. The van der Waals surface area contributed by atoms with Crippen molar-refractivity contribution in [3.05, 3.63) is 59.4 Å². The predicted octanol–water partition coefficient (Wildman–Crippen LogP) is 2.64. The summed E-state index contributed by atoms with van der Waals surface area (Å²) in [6.45, 7) is 4.00. The number of halogens is 1. The molecule has 1 aliphatic rings. The fourth-order valence-corrected chi connectivity index (χ4v) is 4.97. The van der Waals surface area contributed by atoms with Crippen molar-refractivity contribution in [1.82, 2.24) is 9.21 Å². The lowest BCUT2D eigenvalue weighted by molar-refractivity contribution is -0.116. The Morgan fingerprint density at radius 1 is 1.10 bits per heavy atom. The molecule has 1 amide bonds. The van der Waals surface area contributed by atoms with E-state index in [9.17, 15) is 17.6 Å². The van der Waals surface area contributed by atoms with Gasteiger partial charge in [0.25, 0.3) is 0 Å². The third kappa shape index (κ3) is 5.20. The third-order valence-electron chi connectivity index (χ3n) is 5.13. The average molecular weight is 420 g/mol. The summed E-state index contributed by atoms with van der Waals surface area (Å²) in [5.74, 6) is -0.628. The van der Waals surface area contributed by atoms with E-state index in [4.69, 9.17) is 0 Å². The van der Waals surface area contributed by atoms with Crippen LogP contribution in [0.2, 0.25) is 0 Å². The number of carbonyl (C=O) groups is 1. The van der Waals surface area contributed by atoms with Gasteiger partial charge >= 0.3 is 0 Å². The highest BCUT2D eigenvalue weighted by molar-refractivity contribution is 7.89. The van der Waals surface area contributed by atoms with Gasteiger partial charge in [0.1, 0.15) is 5.82 Å². The van der Waals surface area contributed by atoms with Crippen LogP contribution in [-0.2, 0) is 21.2 Å². The van der Waals surface area contributed by atoms with Crippen molar-refractivity contribution >= 4 is 21.6 Å². The van der Waals surface area contributed by atoms with Crippen molar-refractivity contribution in [2.75, 3.05) is 38.5 Å². The van der Waals surface area contributed by atoms with Crippen LogP contribution in [0.15, 0.2) is 47.4 Å². The summed E-state index contributed by atoms with van der Waals surface area (Å²) in [6.07, 6.45) is 0.381. The molecule has 0 atom stereocenters. The molecule has 8 heteroatoms. The first kappa shape index (κ1) is 21.4. The van der Waals surface area contributed by atoms with Crippen molar-refractivity contribution in [1.29, 1.82) is 0 Å². The van der Waals surface area contributed by atoms with Crippen molar-refractivity contribution in [2.24, 2.45) is 0 Å². The van der Waals surface area contributed by atoms with Gasteiger partial charge < -0.3 is 10.2 Å². The van der Waals surface area contributed by atoms with Crippen molar-refractivity contribution in [3.8, 4) is 0 Å². The molecule has 0 aromatic heterocycles. The number of nitrogens with one attached hydrogen (secondary N) is 1. The quantitative estimate of drug-likeness (QED) is 0.782. The number of anilines is 1. The molecule has 156 valence electrons. The Morgan fingerprint density at radius 3 is 2.48 bits per heavy atom. The van der Waals surface area contributed by atoms with Gasteiger partial charge in [0.15, 0.2) is 0 Å². The number of amides is 1. The van der Waals surface area contributed by atoms with E-state index >= 15 is 0 Å². The van der Waals surface area contributed by atoms with E-state index in [1.54, 1.807) is 37.3 Å². The van der Waals surface area contributed by atoms with Crippen LogP contribution < -0.4 is 5.32 Å². The number of likely N-dealkylation sites (N-methyl/N-ethyl adjacent to an activating group) is 1. The molecule has 0 spiro atoms. The van der Waals surface area contributed by atoms with Gasteiger partial charge in [-0.2, -0.15) is 4.31 Å². The van der Waals surface area contributed by atoms with Gasteiger partial charge in [0.05, 0.1) is 4.90 Å². The van der Waals surface area contributed by atoms with Gasteiger partial charge in [-0.05, 0) is 49.7 Å². The van der Waals surface area contributed by atoms with Crippen LogP contribution >= 0.6 is 0 Å². The van der Waals surface area contributed by atoms with E-state index in [0.717, 1.165) is 0 Å². The monoisotopic (exact) mass is 419 g/mol. The molecule has 29 heavy (non-hydrogen) atoms. The number of nitrogens with zero attached hydrogens (tertiary/aromatic N) is 2. The zero-order valence-corrected chi connectivity index (χ0v) is 17.5. The summed E-state index contributed by atoms with van der Waals surface area (Å²) in [5, 5.41) is 2.73. The second kappa shape index (κ2) is 9.02. The Bertz CT molecular complexity index is 986. The highest BCUT2D eigenvalue weighted by atomic mass is 32.2. The van der Waals surface area contributed by atoms with Gasteiger partial charge in [-0.15, -0.1) is 0 Å². The molecule has 1 N–H and O–H groups in total. The molecule has 1 aliphatic heterocycles. The van der Waals surface area contributed by atoms with Crippen molar-refractivity contribution in [3.63, 3.8) is 0 Å². The Labute approximate surface area is 171 Å². The number of hydrogen-bond donors (Lipinski definition) is 1. The van der Waals surface area contributed by atoms with Crippen LogP contribution in [0.4, 0.5) is 10.1 Å².